The number of amides is 1. The van der Waals surface area contributed by atoms with Crippen molar-refractivity contribution in [2.75, 3.05) is 32.8 Å². The van der Waals surface area contributed by atoms with E-state index < -0.39 is 5.60 Å². The second-order valence-corrected chi connectivity index (χ2v) is 12.0. The zero-order chi connectivity index (χ0) is 29.0. The number of rotatable bonds is 8. The molecule has 1 aromatic heterocycles. The fourth-order valence-corrected chi connectivity index (χ4v) is 5.04. The van der Waals surface area contributed by atoms with Crippen molar-refractivity contribution in [3.8, 4) is 16.9 Å². The van der Waals surface area contributed by atoms with Gasteiger partial charge in [-0.15, -0.1) is 0 Å². The highest BCUT2D eigenvalue weighted by Crippen LogP contribution is 2.33. The van der Waals surface area contributed by atoms with E-state index in [1.54, 1.807) is 4.90 Å². The maximum absolute atomic E-state index is 13.7. The third-order valence-electron chi connectivity index (χ3n) is 7.25. The predicted octanol–water partition coefficient (Wildman–Crippen LogP) is 7.12. The average Bonchev–Trinajstić information content (AvgIpc) is 2.89. The number of ether oxygens (including phenoxy) is 2. The maximum Gasteiger partial charge on any atom is 0.410 e. The Morgan fingerprint density at radius 2 is 1.73 bits per heavy atom. The number of fused-ring (bicyclic) bond motifs is 1. The first-order valence-electron chi connectivity index (χ1n) is 14.5. The van der Waals surface area contributed by atoms with Gasteiger partial charge in [0, 0.05) is 38.8 Å². The van der Waals surface area contributed by atoms with Gasteiger partial charge in [-0.2, -0.15) is 0 Å². The normalized spacial score (nSPS) is 14.7. The number of nitrogens with zero attached hydrogens (tertiary/aromatic N) is 2. The van der Waals surface area contributed by atoms with Gasteiger partial charge in [0.25, 0.3) is 0 Å². The Kier molecular flexibility index (Phi) is 9.24. The lowest BCUT2D eigenvalue weighted by molar-refractivity contribution is 0.0139. The third-order valence-corrected chi connectivity index (χ3v) is 7.25. The first-order chi connectivity index (χ1) is 19.0. The van der Waals surface area contributed by atoms with Gasteiger partial charge in [0.05, 0.1) is 17.6 Å². The van der Waals surface area contributed by atoms with Crippen molar-refractivity contribution in [1.29, 1.82) is 0 Å². The van der Waals surface area contributed by atoms with Crippen molar-refractivity contribution < 1.29 is 18.7 Å². The molecule has 0 atom stereocenters. The minimum Gasteiger partial charge on any atom is -0.493 e. The Bertz CT molecular complexity index is 1380. The minimum atomic E-state index is -0.487. The monoisotopic (exact) mass is 548 g/mol. The van der Waals surface area contributed by atoms with Crippen LogP contribution in [0, 0.1) is 6.92 Å². The summed E-state index contributed by atoms with van der Waals surface area (Å²) in [5, 5.41) is 0.582. The van der Waals surface area contributed by atoms with Crippen molar-refractivity contribution in [2.24, 2.45) is 0 Å². The van der Waals surface area contributed by atoms with E-state index in [1.807, 2.05) is 52.0 Å². The molecule has 0 bridgehead atoms. The molecule has 0 spiro atoms. The van der Waals surface area contributed by atoms with Gasteiger partial charge in [0.2, 0.25) is 5.43 Å². The molecule has 7 heteroatoms. The van der Waals surface area contributed by atoms with Crippen molar-refractivity contribution in [1.82, 2.24) is 9.80 Å². The zero-order valence-electron chi connectivity index (χ0n) is 25.1. The Balaban J connectivity index is 1.50. The molecule has 216 valence electrons. The lowest BCUT2D eigenvalue weighted by Gasteiger charge is -2.35. The van der Waals surface area contributed by atoms with Gasteiger partial charge in [-0.05, 0) is 62.8 Å². The summed E-state index contributed by atoms with van der Waals surface area (Å²) < 4.78 is 17.8. The van der Waals surface area contributed by atoms with E-state index in [0.29, 0.717) is 42.0 Å². The summed E-state index contributed by atoms with van der Waals surface area (Å²) >= 11 is 0. The highest BCUT2D eigenvalue weighted by atomic mass is 16.6. The third kappa shape index (κ3) is 7.05. The van der Waals surface area contributed by atoms with E-state index in [9.17, 15) is 9.59 Å². The molecule has 4 rings (SSSR count). The molecule has 1 saturated heterocycles. The van der Waals surface area contributed by atoms with Crippen LogP contribution < -0.4 is 10.2 Å². The summed E-state index contributed by atoms with van der Waals surface area (Å²) in [4.78, 5) is 30.2. The van der Waals surface area contributed by atoms with Crippen LogP contribution in [0.2, 0.25) is 0 Å². The zero-order valence-corrected chi connectivity index (χ0v) is 25.1. The minimum absolute atomic E-state index is 0.0215. The van der Waals surface area contributed by atoms with Gasteiger partial charge in [0.15, 0.2) is 0 Å². The molecule has 1 amide bonds. The number of hydrogen-bond acceptors (Lipinski definition) is 6. The summed E-state index contributed by atoms with van der Waals surface area (Å²) in [6.07, 6.45) is 1.79. The van der Waals surface area contributed by atoms with Crippen LogP contribution in [0.4, 0.5) is 4.79 Å². The molecule has 2 aromatic carbocycles. The van der Waals surface area contributed by atoms with Gasteiger partial charge in [-0.3, -0.25) is 9.69 Å². The van der Waals surface area contributed by atoms with Crippen molar-refractivity contribution in [2.45, 2.75) is 79.4 Å². The summed E-state index contributed by atoms with van der Waals surface area (Å²) in [7, 11) is 0. The van der Waals surface area contributed by atoms with E-state index in [-0.39, 0.29) is 17.4 Å². The smallest absolute Gasteiger partial charge is 0.410 e. The fraction of sp³-hybridized carbons (Fsp3) is 0.515. The maximum atomic E-state index is 13.7. The number of unbranched alkanes of at least 4 members (excludes halogenated alkanes) is 1. The van der Waals surface area contributed by atoms with Crippen molar-refractivity contribution >= 4 is 17.1 Å². The summed E-state index contributed by atoms with van der Waals surface area (Å²) in [5.74, 6) is 1.61. The molecule has 40 heavy (non-hydrogen) atoms. The van der Waals surface area contributed by atoms with E-state index in [0.717, 1.165) is 54.9 Å². The van der Waals surface area contributed by atoms with Crippen molar-refractivity contribution in [3.63, 3.8) is 0 Å². The topological polar surface area (TPSA) is 72.2 Å². The second kappa shape index (κ2) is 12.5. The quantitative estimate of drug-likeness (QED) is 0.279. The molecule has 0 unspecified atom stereocenters. The second-order valence-electron chi connectivity index (χ2n) is 12.0. The van der Waals surface area contributed by atoms with Crippen LogP contribution in [0.25, 0.3) is 22.1 Å². The average molecular weight is 549 g/mol. The van der Waals surface area contributed by atoms with Gasteiger partial charge in [-0.25, -0.2) is 4.79 Å². The molecule has 1 fully saturated rings. The SMILES string of the molecule is CCCCOc1cc2oc(C)c(-c3ccc(CN4CCN(C(=O)OC(C)(C)C)CC4)cc3)c(=O)c2cc1C(C)C. The van der Waals surface area contributed by atoms with E-state index in [4.69, 9.17) is 13.9 Å². The molecule has 1 aliphatic rings. The van der Waals surface area contributed by atoms with Gasteiger partial charge in [0.1, 0.15) is 22.7 Å². The van der Waals surface area contributed by atoms with Crippen LogP contribution in [0.5, 0.6) is 5.75 Å². The number of carbonyl (C=O) groups is 1. The first-order valence-corrected chi connectivity index (χ1v) is 14.5. The molecule has 0 radical (unpaired) electrons. The van der Waals surface area contributed by atoms with Crippen LogP contribution in [-0.2, 0) is 11.3 Å². The molecule has 2 heterocycles. The lowest BCUT2D eigenvalue weighted by Crippen LogP contribution is -2.49. The predicted molar refractivity (Wildman–Crippen MR) is 160 cm³/mol. The number of aryl methyl sites for hydroxylation is 1. The van der Waals surface area contributed by atoms with Gasteiger partial charge < -0.3 is 18.8 Å². The van der Waals surface area contributed by atoms with E-state index in [1.165, 1.54) is 0 Å². The van der Waals surface area contributed by atoms with E-state index >= 15 is 0 Å². The molecule has 0 aliphatic carbocycles. The van der Waals surface area contributed by atoms with E-state index in [2.05, 4.69) is 37.8 Å². The molecule has 3 aromatic rings. The van der Waals surface area contributed by atoms with Crippen LogP contribution in [0.3, 0.4) is 0 Å². The highest BCUT2D eigenvalue weighted by Gasteiger charge is 2.26. The molecule has 1 aliphatic heterocycles. The van der Waals surface area contributed by atoms with Crippen LogP contribution >= 0.6 is 0 Å². The fourth-order valence-electron chi connectivity index (χ4n) is 5.04. The molecule has 0 saturated carbocycles. The van der Waals surface area contributed by atoms with Crippen LogP contribution in [0.1, 0.15) is 77.2 Å². The number of benzene rings is 2. The molecule has 0 N–H and O–H groups in total. The standard InChI is InChI=1S/C33H44N2O5/c1-8-9-18-38-28-20-29-27(19-26(28)22(2)3)31(36)30(23(4)39-29)25-12-10-24(11-13-25)21-34-14-16-35(17-15-34)32(37)40-33(5,6)7/h10-13,19-20,22H,8-9,14-18,21H2,1-7H3. The van der Waals surface area contributed by atoms with Gasteiger partial charge >= 0.3 is 6.09 Å². The Hall–Kier alpha value is -3.32. The lowest BCUT2D eigenvalue weighted by atomic mass is 9.97. The molecular formula is C33H44N2O5. The summed E-state index contributed by atoms with van der Waals surface area (Å²) in [5.41, 5.74) is 3.68. The summed E-state index contributed by atoms with van der Waals surface area (Å²) in [6, 6.07) is 12.0. The van der Waals surface area contributed by atoms with Crippen LogP contribution in [0.15, 0.2) is 45.6 Å². The van der Waals surface area contributed by atoms with Crippen molar-refractivity contribution in [3.05, 3.63) is 63.5 Å². The van der Waals surface area contributed by atoms with Crippen LogP contribution in [-0.4, -0.2) is 54.3 Å². The molecule has 7 nitrogen and oxygen atoms in total. The summed E-state index contributed by atoms with van der Waals surface area (Å²) in [6.45, 7) is 18.2. The number of piperazine rings is 1. The Morgan fingerprint density at radius 3 is 2.33 bits per heavy atom. The first kappa shape index (κ1) is 29.7. The highest BCUT2D eigenvalue weighted by molar-refractivity contribution is 5.85. The Labute approximate surface area is 238 Å². The molecular weight excluding hydrogens is 504 g/mol. The van der Waals surface area contributed by atoms with Gasteiger partial charge in [-0.1, -0.05) is 51.5 Å². The number of carbonyl (C=O) groups excluding carboxylic acids is 1. The Morgan fingerprint density at radius 1 is 1.05 bits per heavy atom. The number of hydrogen-bond donors (Lipinski definition) is 0. The largest absolute Gasteiger partial charge is 0.493 e.